The minimum Gasteiger partial charge on any atom is -0.484 e. The fraction of sp³-hybridized carbons (Fsp3) is 0.586. The van der Waals surface area contributed by atoms with Crippen molar-refractivity contribution in [2.24, 2.45) is 5.73 Å². The van der Waals surface area contributed by atoms with E-state index in [1.165, 1.54) is 6.42 Å². The lowest BCUT2D eigenvalue weighted by Crippen LogP contribution is -2.52. The Hall–Kier alpha value is -2.38. The molecule has 2 aliphatic rings. The number of hydrogen-bond acceptors (Lipinski definition) is 4. The third-order valence-electron chi connectivity index (χ3n) is 8.49. The van der Waals surface area contributed by atoms with Crippen LogP contribution in [0, 0.1) is 10.8 Å². The summed E-state index contributed by atoms with van der Waals surface area (Å²) < 4.78 is 8.18. The summed E-state index contributed by atoms with van der Waals surface area (Å²) in [5.74, 6) is 1.11. The number of fused-ring (bicyclic) bond motifs is 1. The van der Waals surface area contributed by atoms with Crippen molar-refractivity contribution in [3.63, 3.8) is 0 Å². The van der Waals surface area contributed by atoms with Crippen LogP contribution in [0.1, 0.15) is 90.0 Å². The molecule has 0 spiro atoms. The van der Waals surface area contributed by atoms with Crippen LogP contribution in [0.3, 0.4) is 0 Å². The van der Waals surface area contributed by atoms with Gasteiger partial charge in [-0.2, -0.15) is 0 Å². The summed E-state index contributed by atoms with van der Waals surface area (Å²) in [6.45, 7) is 12.9. The number of benzene rings is 1. The monoisotopic (exact) mass is 507 g/mol. The first kappa shape index (κ1) is 26.7. The van der Waals surface area contributed by atoms with Crippen molar-refractivity contribution in [1.29, 1.82) is 10.8 Å². The number of aromatic nitrogens is 1. The standard InChI is InChI=1S/C29H45N5OSi/c1-19(2)36(20(3)4)21(5)26-12-8-9-17-33(26)29(32)34-18-22(13-16-28(34)31)35-27-15-14-25(30)23-10-6-7-11-24(23)27/h6-7,10-11,13,16,18-21,25-27,31-32,36H,8-9,12,14-15,17,30H2,1-5H3. The van der Waals surface area contributed by atoms with Gasteiger partial charge in [0.1, 0.15) is 17.3 Å². The number of pyridine rings is 1. The Bertz CT molecular complexity index is 1100. The number of nitrogens with one attached hydrogen (secondary N) is 2. The molecule has 1 aliphatic heterocycles. The zero-order valence-corrected chi connectivity index (χ0v) is 23.9. The van der Waals surface area contributed by atoms with Gasteiger partial charge in [0, 0.05) is 27.4 Å². The van der Waals surface area contributed by atoms with Crippen molar-refractivity contribution in [2.45, 2.75) is 102 Å². The van der Waals surface area contributed by atoms with Gasteiger partial charge in [0.25, 0.3) is 0 Å². The molecule has 0 bridgehead atoms. The molecule has 0 saturated carbocycles. The maximum atomic E-state index is 9.22. The van der Waals surface area contributed by atoms with Crippen molar-refractivity contribution >= 4 is 14.8 Å². The van der Waals surface area contributed by atoms with E-state index < -0.39 is 8.80 Å². The number of piperidine rings is 1. The first-order valence-electron chi connectivity index (χ1n) is 13.8. The van der Waals surface area contributed by atoms with E-state index in [0.717, 1.165) is 54.4 Å². The SMILES string of the molecule is CC(C)[SiH](C(C)C)C(C)C1CCCCN1C(=N)n1cc(OC2CCC(N)c3ccccc32)ccc1=N. The second kappa shape index (κ2) is 11.3. The summed E-state index contributed by atoms with van der Waals surface area (Å²) in [5, 5.41) is 17.8. The second-order valence-corrected chi connectivity index (χ2v) is 16.4. The molecule has 6 nitrogen and oxygen atoms in total. The van der Waals surface area contributed by atoms with E-state index in [-0.39, 0.29) is 12.1 Å². The lowest BCUT2D eigenvalue weighted by Gasteiger charge is -2.44. The van der Waals surface area contributed by atoms with E-state index in [9.17, 15) is 5.41 Å². The Balaban J connectivity index is 1.59. The Morgan fingerprint density at radius 1 is 0.972 bits per heavy atom. The smallest absolute Gasteiger partial charge is 0.204 e. The highest BCUT2D eigenvalue weighted by atomic mass is 28.3. The van der Waals surface area contributed by atoms with Crippen LogP contribution < -0.4 is 16.0 Å². The summed E-state index contributed by atoms with van der Waals surface area (Å²) >= 11 is 0. The van der Waals surface area contributed by atoms with Gasteiger partial charge in [0.2, 0.25) is 5.96 Å². The lowest BCUT2D eigenvalue weighted by atomic mass is 9.86. The van der Waals surface area contributed by atoms with Crippen LogP contribution in [0.2, 0.25) is 16.6 Å². The van der Waals surface area contributed by atoms with Gasteiger partial charge >= 0.3 is 0 Å². The van der Waals surface area contributed by atoms with Crippen LogP contribution in [0.4, 0.5) is 0 Å². The Morgan fingerprint density at radius 2 is 1.67 bits per heavy atom. The molecule has 4 rings (SSSR count). The summed E-state index contributed by atoms with van der Waals surface area (Å²) in [7, 11) is -1.04. The molecule has 7 heteroatoms. The molecule has 0 radical (unpaired) electrons. The number of likely N-dealkylation sites (tertiary alicyclic amines) is 1. The van der Waals surface area contributed by atoms with Crippen molar-refractivity contribution in [3.8, 4) is 5.75 Å². The maximum absolute atomic E-state index is 9.22. The first-order chi connectivity index (χ1) is 17.2. The van der Waals surface area contributed by atoms with Gasteiger partial charge in [-0.15, -0.1) is 0 Å². The molecule has 1 aliphatic carbocycles. The lowest BCUT2D eigenvalue weighted by molar-refractivity contribution is 0.175. The number of ether oxygens (including phenoxy) is 1. The van der Waals surface area contributed by atoms with Gasteiger partial charge in [-0.25, -0.2) is 0 Å². The third kappa shape index (κ3) is 5.47. The molecule has 196 valence electrons. The van der Waals surface area contributed by atoms with E-state index in [4.69, 9.17) is 15.9 Å². The highest BCUT2D eigenvalue weighted by Gasteiger charge is 2.37. The predicted octanol–water partition coefficient (Wildman–Crippen LogP) is 5.96. The van der Waals surface area contributed by atoms with Gasteiger partial charge in [-0.1, -0.05) is 70.0 Å². The Kier molecular flexibility index (Phi) is 8.40. The molecule has 1 aromatic heterocycles. The van der Waals surface area contributed by atoms with E-state index >= 15 is 0 Å². The van der Waals surface area contributed by atoms with Crippen molar-refractivity contribution in [3.05, 3.63) is 59.2 Å². The van der Waals surface area contributed by atoms with Crippen LogP contribution in [0.15, 0.2) is 42.6 Å². The number of rotatable bonds is 6. The Morgan fingerprint density at radius 3 is 2.36 bits per heavy atom. The average Bonchev–Trinajstić information content (AvgIpc) is 2.86. The topological polar surface area (TPSA) is 91.1 Å². The summed E-state index contributed by atoms with van der Waals surface area (Å²) in [4.78, 5) is 2.29. The minimum atomic E-state index is -1.04. The van der Waals surface area contributed by atoms with Crippen LogP contribution in [0.5, 0.6) is 5.75 Å². The predicted molar refractivity (Wildman–Crippen MR) is 150 cm³/mol. The second-order valence-electron chi connectivity index (χ2n) is 11.5. The Labute approximate surface area is 218 Å². The van der Waals surface area contributed by atoms with Gasteiger partial charge in [0.15, 0.2) is 0 Å². The number of nitrogens with two attached hydrogens (primary N) is 1. The maximum Gasteiger partial charge on any atom is 0.204 e. The zero-order chi connectivity index (χ0) is 26.0. The van der Waals surface area contributed by atoms with Gasteiger partial charge in [-0.3, -0.25) is 15.4 Å². The average molecular weight is 508 g/mol. The first-order valence-corrected chi connectivity index (χ1v) is 15.8. The normalized spacial score (nSPS) is 23.1. The van der Waals surface area contributed by atoms with Crippen LogP contribution in [-0.4, -0.2) is 36.8 Å². The minimum absolute atomic E-state index is 0.0526. The molecule has 1 fully saturated rings. The van der Waals surface area contributed by atoms with Crippen molar-refractivity contribution < 1.29 is 4.74 Å². The molecular formula is C29H45N5OSi. The number of nitrogens with zero attached hydrogens (tertiary/aromatic N) is 2. The van der Waals surface area contributed by atoms with Crippen LogP contribution >= 0.6 is 0 Å². The van der Waals surface area contributed by atoms with E-state index in [0.29, 0.717) is 28.8 Å². The molecule has 4 atom stereocenters. The molecule has 1 aromatic carbocycles. The number of hydrogen-bond donors (Lipinski definition) is 3. The molecule has 4 N–H and O–H groups in total. The molecule has 36 heavy (non-hydrogen) atoms. The zero-order valence-electron chi connectivity index (χ0n) is 22.7. The van der Waals surface area contributed by atoms with Gasteiger partial charge < -0.3 is 15.4 Å². The fourth-order valence-electron chi connectivity index (χ4n) is 6.94. The van der Waals surface area contributed by atoms with Crippen LogP contribution in [0.25, 0.3) is 0 Å². The summed E-state index contributed by atoms with van der Waals surface area (Å²) in [5.41, 5.74) is 11.1. The third-order valence-corrected chi connectivity index (χ3v) is 13.2. The molecule has 2 aromatic rings. The largest absolute Gasteiger partial charge is 0.484 e. The van der Waals surface area contributed by atoms with E-state index in [1.807, 2.05) is 24.4 Å². The fourth-order valence-corrected chi connectivity index (χ4v) is 11.8. The van der Waals surface area contributed by atoms with E-state index in [1.54, 1.807) is 10.6 Å². The quantitative estimate of drug-likeness (QED) is 0.256. The van der Waals surface area contributed by atoms with Crippen molar-refractivity contribution in [1.82, 2.24) is 9.47 Å². The summed E-state index contributed by atoms with van der Waals surface area (Å²) in [6.07, 6.45) is 6.99. The summed E-state index contributed by atoms with van der Waals surface area (Å²) in [6, 6.07) is 12.3. The van der Waals surface area contributed by atoms with E-state index in [2.05, 4.69) is 51.7 Å². The molecule has 4 unspecified atom stereocenters. The molecule has 0 amide bonds. The molecular weight excluding hydrogens is 462 g/mol. The van der Waals surface area contributed by atoms with Crippen molar-refractivity contribution in [2.75, 3.05) is 6.54 Å². The highest BCUT2D eigenvalue weighted by molar-refractivity contribution is 6.63. The highest BCUT2D eigenvalue weighted by Crippen LogP contribution is 2.39. The molecule has 2 heterocycles. The van der Waals surface area contributed by atoms with Crippen LogP contribution in [-0.2, 0) is 0 Å². The van der Waals surface area contributed by atoms with Gasteiger partial charge in [-0.05, 0) is 60.9 Å². The molecule has 1 saturated heterocycles. The van der Waals surface area contributed by atoms with Gasteiger partial charge in [0.05, 0.1) is 6.20 Å².